The molecule has 0 aliphatic heterocycles. The number of rotatable bonds is 3. The van der Waals surface area contributed by atoms with Gasteiger partial charge in [0, 0.05) is 11.1 Å². The third kappa shape index (κ3) is 2.94. The number of carbonyl (C=O) groups is 1. The van der Waals surface area contributed by atoms with E-state index in [2.05, 4.69) is 0 Å². The van der Waals surface area contributed by atoms with Crippen LogP contribution in [0, 0.1) is 13.8 Å². The normalized spacial score (nSPS) is 12.5. The van der Waals surface area contributed by atoms with Crippen molar-refractivity contribution >= 4 is 17.6 Å². The van der Waals surface area contributed by atoms with Gasteiger partial charge >= 0.3 is 5.97 Å². The van der Waals surface area contributed by atoms with Crippen molar-refractivity contribution in [3.8, 4) is 0 Å². The lowest BCUT2D eigenvalue weighted by atomic mass is 9.96. The van der Waals surface area contributed by atoms with E-state index >= 15 is 0 Å². The third-order valence-corrected chi connectivity index (χ3v) is 2.68. The highest BCUT2D eigenvalue weighted by atomic mass is 35.5. The van der Waals surface area contributed by atoms with Crippen LogP contribution in [0.4, 0.5) is 0 Å². The Hall–Kier alpha value is -1.06. The molecule has 1 unspecified atom stereocenters. The molecule has 15 heavy (non-hydrogen) atoms. The van der Waals surface area contributed by atoms with Gasteiger partial charge in [-0.05, 0) is 42.7 Å². The molecular weight excluding hydrogens is 214 g/mol. The van der Waals surface area contributed by atoms with Crippen molar-refractivity contribution in [2.75, 3.05) is 0 Å². The number of aryl methyl sites for hydroxylation is 1. The van der Waals surface area contributed by atoms with E-state index in [1.165, 1.54) is 0 Å². The van der Waals surface area contributed by atoms with Gasteiger partial charge in [-0.1, -0.05) is 11.6 Å². The first-order valence-corrected chi connectivity index (χ1v) is 5.03. The Balaban J connectivity index is 3.07. The fourth-order valence-corrected chi connectivity index (χ4v) is 1.81. The Labute approximate surface area is 93.9 Å². The van der Waals surface area contributed by atoms with Crippen molar-refractivity contribution in [2.24, 2.45) is 5.73 Å². The molecule has 1 aromatic carbocycles. The van der Waals surface area contributed by atoms with Crippen LogP contribution in [0.2, 0.25) is 5.02 Å². The SMILES string of the molecule is Cc1cc(Cl)cc(C(N)CC(=O)O)c1C. The molecule has 1 aromatic rings. The van der Waals surface area contributed by atoms with Gasteiger partial charge in [-0.15, -0.1) is 0 Å². The highest BCUT2D eigenvalue weighted by molar-refractivity contribution is 6.30. The van der Waals surface area contributed by atoms with E-state index in [-0.39, 0.29) is 6.42 Å². The van der Waals surface area contributed by atoms with Crippen LogP contribution in [0.25, 0.3) is 0 Å². The zero-order chi connectivity index (χ0) is 11.6. The van der Waals surface area contributed by atoms with Crippen LogP contribution >= 0.6 is 11.6 Å². The van der Waals surface area contributed by atoms with Crippen LogP contribution in [-0.2, 0) is 4.79 Å². The van der Waals surface area contributed by atoms with E-state index in [9.17, 15) is 4.79 Å². The van der Waals surface area contributed by atoms with Crippen LogP contribution in [0.3, 0.4) is 0 Å². The third-order valence-electron chi connectivity index (χ3n) is 2.47. The van der Waals surface area contributed by atoms with Gasteiger partial charge < -0.3 is 10.8 Å². The number of carboxylic acids is 1. The molecule has 1 atom stereocenters. The maximum atomic E-state index is 10.6. The molecule has 3 nitrogen and oxygen atoms in total. The van der Waals surface area contributed by atoms with Crippen LogP contribution in [0.1, 0.15) is 29.2 Å². The molecule has 0 radical (unpaired) electrons. The topological polar surface area (TPSA) is 63.3 Å². The van der Waals surface area contributed by atoms with Gasteiger partial charge in [0.1, 0.15) is 0 Å². The fourth-order valence-electron chi connectivity index (χ4n) is 1.52. The summed E-state index contributed by atoms with van der Waals surface area (Å²) < 4.78 is 0. The first-order valence-electron chi connectivity index (χ1n) is 4.66. The van der Waals surface area contributed by atoms with E-state index in [0.717, 1.165) is 16.7 Å². The highest BCUT2D eigenvalue weighted by Crippen LogP contribution is 2.25. The molecule has 3 N–H and O–H groups in total. The van der Waals surface area contributed by atoms with Crippen molar-refractivity contribution in [2.45, 2.75) is 26.3 Å². The van der Waals surface area contributed by atoms with Gasteiger partial charge in [-0.2, -0.15) is 0 Å². The second kappa shape index (κ2) is 4.64. The Morgan fingerprint density at radius 1 is 1.53 bits per heavy atom. The van der Waals surface area contributed by atoms with Crippen LogP contribution in [0.5, 0.6) is 0 Å². The summed E-state index contributed by atoms with van der Waals surface area (Å²) in [5.41, 5.74) is 8.64. The summed E-state index contributed by atoms with van der Waals surface area (Å²) in [4.78, 5) is 10.6. The predicted octanol–water partition coefficient (Wildman–Crippen LogP) is 2.43. The second-order valence-electron chi connectivity index (χ2n) is 3.64. The van der Waals surface area contributed by atoms with E-state index in [1.54, 1.807) is 6.07 Å². The standard InChI is InChI=1S/C11H14ClNO2/c1-6-3-8(12)4-9(7(6)2)10(13)5-11(14)15/h3-4,10H,5,13H2,1-2H3,(H,14,15). The summed E-state index contributed by atoms with van der Waals surface area (Å²) >= 11 is 5.90. The molecule has 1 rings (SSSR count). The molecule has 0 spiro atoms. The summed E-state index contributed by atoms with van der Waals surface area (Å²) in [6.45, 7) is 3.85. The number of aliphatic carboxylic acids is 1. The Bertz CT molecular complexity index is 390. The number of hydrogen-bond acceptors (Lipinski definition) is 2. The molecule has 0 amide bonds. The van der Waals surface area contributed by atoms with Gasteiger partial charge in [-0.25, -0.2) is 0 Å². The Kier molecular flexibility index (Phi) is 3.72. The Morgan fingerprint density at radius 3 is 2.67 bits per heavy atom. The zero-order valence-corrected chi connectivity index (χ0v) is 9.51. The van der Waals surface area contributed by atoms with Gasteiger partial charge in [0.15, 0.2) is 0 Å². The molecule has 0 aliphatic rings. The maximum Gasteiger partial charge on any atom is 0.305 e. The average Bonchev–Trinajstić information content (AvgIpc) is 2.09. The minimum Gasteiger partial charge on any atom is -0.481 e. The summed E-state index contributed by atoms with van der Waals surface area (Å²) in [7, 11) is 0. The molecule has 82 valence electrons. The van der Waals surface area contributed by atoms with Gasteiger partial charge in [0.2, 0.25) is 0 Å². The highest BCUT2D eigenvalue weighted by Gasteiger charge is 2.14. The lowest BCUT2D eigenvalue weighted by Gasteiger charge is -2.15. The van der Waals surface area contributed by atoms with Crippen molar-refractivity contribution < 1.29 is 9.90 Å². The zero-order valence-electron chi connectivity index (χ0n) is 8.75. The maximum absolute atomic E-state index is 10.6. The van der Waals surface area contributed by atoms with Crippen molar-refractivity contribution in [1.82, 2.24) is 0 Å². The average molecular weight is 228 g/mol. The van der Waals surface area contributed by atoms with Crippen molar-refractivity contribution in [3.63, 3.8) is 0 Å². The van der Waals surface area contributed by atoms with E-state index < -0.39 is 12.0 Å². The van der Waals surface area contributed by atoms with Crippen LogP contribution in [-0.4, -0.2) is 11.1 Å². The van der Waals surface area contributed by atoms with Crippen LogP contribution < -0.4 is 5.73 Å². The first-order chi connectivity index (χ1) is 6.91. The summed E-state index contributed by atoms with van der Waals surface area (Å²) in [6.07, 6.45) is -0.0827. The lowest BCUT2D eigenvalue weighted by Crippen LogP contribution is -2.16. The number of halogens is 1. The minimum absolute atomic E-state index is 0.0827. The van der Waals surface area contributed by atoms with Crippen molar-refractivity contribution in [1.29, 1.82) is 0 Å². The first kappa shape index (κ1) is 12.0. The predicted molar refractivity (Wildman–Crippen MR) is 60.1 cm³/mol. The smallest absolute Gasteiger partial charge is 0.305 e. The van der Waals surface area contributed by atoms with Crippen molar-refractivity contribution in [3.05, 3.63) is 33.8 Å². The fraction of sp³-hybridized carbons (Fsp3) is 0.364. The molecule has 4 heteroatoms. The largest absolute Gasteiger partial charge is 0.481 e. The van der Waals surface area contributed by atoms with Crippen LogP contribution in [0.15, 0.2) is 12.1 Å². The molecule has 0 fully saturated rings. The number of benzene rings is 1. The summed E-state index contributed by atoms with van der Waals surface area (Å²) in [5.74, 6) is -0.903. The van der Waals surface area contributed by atoms with Gasteiger partial charge in [0.25, 0.3) is 0 Å². The molecular formula is C11H14ClNO2. The summed E-state index contributed by atoms with van der Waals surface area (Å²) in [5, 5.41) is 9.25. The molecule has 0 bridgehead atoms. The van der Waals surface area contributed by atoms with Gasteiger partial charge in [-0.3, -0.25) is 4.79 Å². The summed E-state index contributed by atoms with van der Waals surface area (Å²) in [6, 6.07) is 3.07. The lowest BCUT2D eigenvalue weighted by molar-refractivity contribution is -0.137. The van der Waals surface area contributed by atoms with E-state index in [4.69, 9.17) is 22.4 Å². The molecule has 0 aliphatic carbocycles. The number of nitrogens with two attached hydrogens (primary N) is 1. The molecule has 0 heterocycles. The molecule has 0 saturated carbocycles. The number of carboxylic acid groups (broad SMARTS) is 1. The van der Waals surface area contributed by atoms with Gasteiger partial charge in [0.05, 0.1) is 6.42 Å². The molecule has 0 aromatic heterocycles. The number of hydrogen-bond donors (Lipinski definition) is 2. The van der Waals surface area contributed by atoms with E-state index in [1.807, 2.05) is 19.9 Å². The molecule has 0 saturated heterocycles. The quantitative estimate of drug-likeness (QED) is 0.834. The second-order valence-corrected chi connectivity index (χ2v) is 4.08. The van der Waals surface area contributed by atoms with E-state index in [0.29, 0.717) is 5.02 Å². The Morgan fingerprint density at radius 2 is 2.13 bits per heavy atom. The monoisotopic (exact) mass is 227 g/mol. The minimum atomic E-state index is -0.903.